The van der Waals surface area contributed by atoms with Crippen LogP contribution in [0.4, 0.5) is 5.69 Å². The molecule has 0 bridgehead atoms. The van der Waals surface area contributed by atoms with E-state index >= 15 is 0 Å². The number of ether oxygens (including phenoxy) is 1. The van der Waals surface area contributed by atoms with E-state index in [9.17, 15) is 4.79 Å². The van der Waals surface area contributed by atoms with Crippen molar-refractivity contribution in [3.63, 3.8) is 0 Å². The van der Waals surface area contributed by atoms with Crippen LogP contribution in [0.15, 0.2) is 24.3 Å². The van der Waals surface area contributed by atoms with Gasteiger partial charge in [0.05, 0.1) is 5.41 Å². The Morgan fingerprint density at radius 3 is 2.30 bits per heavy atom. The van der Waals surface area contributed by atoms with Crippen LogP contribution >= 0.6 is 0 Å². The maximum absolute atomic E-state index is 12.7. The van der Waals surface area contributed by atoms with Crippen molar-refractivity contribution in [1.29, 1.82) is 0 Å². The second-order valence-electron chi connectivity index (χ2n) is 9.66. The van der Waals surface area contributed by atoms with Gasteiger partial charge in [-0.1, -0.05) is 31.0 Å². The van der Waals surface area contributed by atoms with Crippen LogP contribution in [0.1, 0.15) is 51.0 Å². The maximum Gasteiger partial charge on any atom is 0.312 e. The molecule has 3 aliphatic heterocycles. The minimum absolute atomic E-state index is 0.0897. The fourth-order valence-electron chi connectivity index (χ4n) is 5.30. The lowest BCUT2D eigenvalue weighted by Crippen LogP contribution is -2.47. The smallest absolute Gasteiger partial charge is 0.312 e. The Bertz CT molecular complexity index is 689. The molecule has 30 heavy (non-hydrogen) atoms. The Morgan fingerprint density at radius 2 is 1.63 bits per heavy atom. The molecule has 4 rings (SSSR count). The van der Waals surface area contributed by atoms with Crippen molar-refractivity contribution in [2.75, 3.05) is 57.3 Å². The summed E-state index contributed by atoms with van der Waals surface area (Å²) in [6.07, 6.45) is 6.52. The van der Waals surface area contributed by atoms with E-state index in [2.05, 4.69) is 52.8 Å². The van der Waals surface area contributed by atoms with E-state index in [1.807, 2.05) is 0 Å². The fraction of sp³-hybridized carbons (Fsp3) is 0.720. The zero-order chi connectivity index (χ0) is 21.0. The van der Waals surface area contributed by atoms with Crippen molar-refractivity contribution in [2.24, 2.45) is 5.41 Å². The van der Waals surface area contributed by atoms with Crippen LogP contribution in [0, 0.1) is 12.3 Å². The van der Waals surface area contributed by atoms with E-state index in [0.717, 1.165) is 71.5 Å². The highest BCUT2D eigenvalue weighted by atomic mass is 16.6. The van der Waals surface area contributed by atoms with Crippen LogP contribution in [0.3, 0.4) is 0 Å². The van der Waals surface area contributed by atoms with Gasteiger partial charge in [0.25, 0.3) is 0 Å². The Hall–Kier alpha value is -1.59. The SMILES string of the molecule is CCCCN1CCC2(CC1)CC(CCN1CCN(c3ccc(C)cc3)CC1)OC2=O. The number of hydrogen-bond acceptors (Lipinski definition) is 5. The van der Waals surface area contributed by atoms with Crippen molar-refractivity contribution in [1.82, 2.24) is 9.80 Å². The van der Waals surface area contributed by atoms with Crippen LogP contribution in [-0.2, 0) is 9.53 Å². The molecule has 0 radical (unpaired) electrons. The summed E-state index contributed by atoms with van der Waals surface area (Å²) in [5.74, 6) is 0.0897. The summed E-state index contributed by atoms with van der Waals surface area (Å²) < 4.78 is 5.87. The van der Waals surface area contributed by atoms with Crippen molar-refractivity contribution in [2.45, 2.75) is 58.5 Å². The van der Waals surface area contributed by atoms with Crippen LogP contribution < -0.4 is 4.90 Å². The molecular weight excluding hydrogens is 374 g/mol. The number of esters is 1. The highest BCUT2D eigenvalue weighted by molar-refractivity contribution is 5.79. The zero-order valence-corrected chi connectivity index (χ0v) is 18.9. The molecule has 5 nitrogen and oxygen atoms in total. The van der Waals surface area contributed by atoms with E-state index in [4.69, 9.17) is 4.74 Å². The summed E-state index contributed by atoms with van der Waals surface area (Å²) >= 11 is 0. The third kappa shape index (κ3) is 5.00. The molecule has 0 aromatic heterocycles. The molecule has 0 saturated carbocycles. The summed E-state index contributed by atoms with van der Waals surface area (Å²) in [7, 11) is 0. The molecule has 0 N–H and O–H groups in total. The predicted octanol–water partition coefficient (Wildman–Crippen LogP) is 3.70. The largest absolute Gasteiger partial charge is 0.462 e. The Kier molecular flexibility index (Phi) is 6.99. The Labute approximate surface area is 182 Å². The molecule has 1 aromatic carbocycles. The monoisotopic (exact) mass is 413 g/mol. The van der Waals surface area contributed by atoms with Gasteiger partial charge in [-0.15, -0.1) is 0 Å². The van der Waals surface area contributed by atoms with E-state index in [0.29, 0.717) is 0 Å². The molecular formula is C25H39N3O2. The predicted molar refractivity (Wildman–Crippen MR) is 122 cm³/mol. The number of carbonyl (C=O) groups is 1. The van der Waals surface area contributed by atoms with Crippen molar-refractivity contribution in [3.8, 4) is 0 Å². The van der Waals surface area contributed by atoms with Crippen molar-refractivity contribution >= 4 is 11.7 Å². The average molecular weight is 414 g/mol. The molecule has 5 heteroatoms. The molecule has 3 saturated heterocycles. The maximum atomic E-state index is 12.7. The lowest BCUT2D eigenvalue weighted by molar-refractivity contribution is -0.151. The van der Waals surface area contributed by atoms with Gasteiger partial charge in [-0.25, -0.2) is 0 Å². The Morgan fingerprint density at radius 1 is 0.967 bits per heavy atom. The molecule has 3 aliphatic rings. The van der Waals surface area contributed by atoms with E-state index < -0.39 is 0 Å². The lowest BCUT2D eigenvalue weighted by atomic mass is 9.75. The Balaban J connectivity index is 1.19. The second kappa shape index (κ2) is 9.69. The van der Waals surface area contributed by atoms with Crippen LogP contribution in [0.2, 0.25) is 0 Å². The molecule has 0 aliphatic carbocycles. The van der Waals surface area contributed by atoms with Gasteiger partial charge in [0.15, 0.2) is 0 Å². The number of piperazine rings is 1. The minimum Gasteiger partial charge on any atom is -0.462 e. The standard InChI is InChI=1S/C25H39N3O2/c1-3-4-12-26-14-10-25(11-15-26)20-23(30-24(25)29)9-13-27-16-18-28(19-17-27)22-7-5-21(2)6-8-22/h5-8,23H,3-4,9-20H2,1-2H3. The second-order valence-corrected chi connectivity index (χ2v) is 9.66. The summed E-state index contributed by atoms with van der Waals surface area (Å²) in [6.45, 7) is 13.0. The average Bonchev–Trinajstić information content (AvgIpc) is 3.08. The third-order valence-corrected chi connectivity index (χ3v) is 7.50. The number of nitrogens with zero attached hydrogens (tertiary/aromatic N) is 3. The summed E-state index contributed by atoms with van der Waals surface area (Å²) in [4.78, 5) is 20.2. The lowest BCUT2D eigenvalue weighted by Gasteiger charge is -2.37. The number of piperidine rings is 1. The van der Waals surface area contributed by atoms with Gasteiger partial charge >= 0.3 is 5.97 Å². The summed E-state index contributed by atoms with van der Waals surface area (Å²) in [5.41, 5.74) is 2.46. The molecule has 1 unspecified atom stereocenters. The van der Waals surface area contributed by atoms with Crippen molar-refractivity contribution < 1.29 is 9.53 Å². The van der Waals surface area contributed by atoms with Gasteiger partial charge in [0.2, 0.25) is 0 Å². The van der Waals surface area contributed by atoms with Crippen LogP contribution in [-0.4, -0.2) is 74.2 Å². The number of aryl methyl sites for hydroxylation is 1. The number of cyclic esters (lactones) is 1. The molecule has 3 fully saturated rings. The van der Waals surface area contributed by atoms with E-state index in [-0.39, 0.29) is 17.5 Å². The number of anilines is 1. The molecule has 0 amide bonds. The van der Waals surface area contributed by atoms with E-state index in [1.54, 1.807) is 0 Å². The summed E-state index contributed by atoms with van der Waals surface area (Å²) in [6, 6.07) is 8.85. The van der Waals surface area contributed by atoms with Crippen LogP contribution in [0.5, 0.6) is 0 Å². The molecule has 166 valence electrons. The topological polar surface area (TPSA) is 36.0 Å². The summed E-state index contributed by atoms with van der Waals surface area (Å²) in [5, 5.41) is 0. The molecule has 3 heterocycles. The number of benzene rings is 1. The van der Waals surface area contributed by atoms with Gasteiger partial charge < -0.3 is 14.5 Å². The fourth-order valence-corrected chi connectivity index (χ4v) is 5.30. The minimum atomic E-state index is -0.183. The third-order valence-electron chi connectivity index (χ3n) is 7.50. The molecule has 1 atom stereocenters. The number of hydrogen-bond donors (Lipinski definition) is 0. The first kappa shape index (κ1) is 21.6. The van der Waals surface area contributed by atoms with Gasteiger partial charge in [-0.3, -0.25) is 9.69 Å². The number of likely N-dealkylation sites (tertiary alicyclic amines) is 1. The highest BCUT2D eigenvalue weighted by Crippen LogP contribution is 2.43. The van der Waals surface area contributed by atoms with Crippen LogP contribution in [0.25, 0.3) is 0 Å². The molecule has 1 spiro atoms. The number of carbonyl (C=O) groups excluding carboxylic acids is 1. The first-order valence-electron chi connectivity index (χ1n) is 12.1. The van der Waals surface area contributed by atoms with Gasteiger partial charge in [-0.2, -0.15) is 0 Å². The first-order valence-corrected chi connectivity index (χ1v) is 12.1. The van der Waals surface area contributed by atoms with E-state index in [1.165, 1.54) is 30.6 Å². The highest BCUT2D eigenvalue weighted by Gasteiger charge is 2.50. The van der Waals surface area contributed by atoms with Gasteiger partial charge in [-0.05, 0) is 64.4 Å². The number of unbranched alkanes of at least 4 members (excludes halogenated alkanes) is 1. The number of rotatable bonds is 7. The molecule has 1 aromatic rings. The van der Waals surface area contributed by atoms with Gasteiger partial charge in [0.1, 0.15) is 6.10 Å². The van der Waals surface area contributed by atoms with Gasteiger partial charge in [0, 0.05) is 44.8 Å². The van der Waals surface area contributed by atoms with Crippen molar-refractivity contribution in [3.05, 3.63) is 29.8 Å². The first-order chi connectivity index (χ1) is 14.6. The quantitative estimate of drug-likeness (QED) is 0.637. The zero-order valence-electron chi connectivity index (χ0n) is 18.9. The normalized spacial score (nSPS) is 25.1.